The van der Waals surface area contributed by atoms with Crippen LogP contribution in [0.4, 0.5) is 0 Å². The third-order valence-electron chi connectivity index (χ3n) is 5.07. The van der Waals surface area contributed by atoms with Crippen LogP contribution in [0.2, 0.25) is 0 Å². The van der Waals surface area contributed by atoms with Crippen LogP contribution in [0.5, 0.6) is 11.5 Å². The van der Waals surface area contributed by atoms with Gasteiger partial charge in [-0.05, 0) is 49.9 Å². The SMILES string of the molecule is CCCC/C=C/COc1cnc(-c2ccc(OCCCCOCCCCCC)cc2)nc1. The average molecular weight is 441 g/mol. The van der Waals surface area contributed by atoms with E-state index in [0.29, 0.717) is 24.8 Å². The lowest BCUT2D eigenvalue weighted by Crippen LogP contribution is -2.02. The first-order chi connectivity index (χ1) is 15.8. The van der Waals surface area contributed by atoms with Gasteiger partial charge in [0.25, 0.3) is 0 Å². The number of aromatic nitrogens is 2. The van der Waals surface area contributed by atoms with Gasteiger partial charge in [-0.1, -0.05) is 58.1 Å². The van der Waals surface area contributed by atoms with Gasteiger partial charge in [-0.25, -0.2) is 9.97 Å². The van der Waals surface area contributed by atoms with Crippen LogP contribution in [0.15, 0.2) is 48.8 Å². The molecule has 32 heavy (non-hydrogen) atoms. The lowest BCUT2D eigenvalue weighted by molar-refractivity contribution is 0.122. The van der Waals surface area contributed by atoms with Crippen LogP contribution in [0.1, 0.15) is 71.6 Å². The molecule has 1 heterocycles. The predicted molar refractivity (Wildman–Crippen MR) is 131 cm³/mol. The Kier molecular flexibility index (Phi) is 13.9. The molecule has 0 fully saturated rings. The molecule has 5 nitrogen and oxygen atoms in total. The van der Waals surface area contributed by atoms with Crippen LogP contribution in [0.25, 0.3) is 11.4 Å². The number of unbranched alkanes of at least 4 members (excludes halogenated alkanes) is 6. The molecule has 0 radical (unpaired) electrons. The Morgan fingerprint density at radius 1 is 0.688 bits per heavy atom. The van der Waals surface area contributed by atoms with Crippen molar-refractivity contribution in [2.75, 3.05) is 26.4 Å². The van der Waals surface area contributed by atoms with E-state index in [2.05, 4.69) is 29.9 Å². The van der Waals surface area contributed by atoms with Crippen LogP contribution >= 0.6 is 0 Å². The molecular weight excluding hydrogens is 400 g/mol. The highest BCUT2D eigenvalue weighted by atomic mass is 16.5. The van der Waals surface area contributed by atoms with Gasteiger partial charge in [0.2, 0.25) is 0 Å². The zero-order chi connectivity index (χ0) is 22.7. The topological polar surface area (TPSA) is 53.5 Å². The summed E-state index contributed by atoms with van der Waals surface area (Å²) in [5.41, 5.74) is 0.958. The van der Waals surface area contributed by atoms with Crippen molar-refractivity contribution in [3.63, 3.8) is 0 Å². The summed E-state index contributed by atoms with van der Waals surface area (Å²) >= 11 is 0. The van der Waals surface area contributed by atoms with E-state index >= 15 is 0 Å². The van der Waals surface area contributed by atoms with Gasteiger partial charge in [0.15, 0.2) is 11.6 Å². The largest absolute Gasteiger partial charge is 0.494 e. The molecule has 0 aliphatic heterocycles. The number of hydrogen-bond acceptors (Lipinski definition) is 5. The van der Waals surface area contributed by atoms with Gasteiger partial charge < -0.3 is 14.2 Å². The number of hydrogen-bond donors (Lipinski definition) is 0. The number of benzene rings is 1. The molecule has 5 heteroatoms. The molecule has 0 bridgehead atoms. The van der Waals surface area contributed by atoms with E-state index in [1.807, 2.05) is 30.3 Å². The Hall–Kier alpha value is -2.40. The monoisotopic (exact) mass is 440 g/mol. The van der Waals surface area contributed by atoms with Crippen molar-refractivity contribution in [2.45, 2.75) is 71.6 Å². The summed E-state index contributed by atoms with van der Waals surface area (Å²) < 4.78 is 17.2. The number of allylic oxidation sites excluding steroid dienone is 1. The quantitative estimate of drug-likeness (QED) is 0.184. The second-order valence-corrected chi connectivity index (χ2v) is 7.92. The summed E-state index contributed by atoms with van der Waals surface area (Å²) in [6.07, 6.45) is 18.2. The Morgan fingerprint density at radius 3 is 2.09 bits per heavy atom. The van der Waals surface area contributed by atoms with Crippen LogP contribution in [0.3, 0.4) is 0 Å². The van der Waals surface area contributed by atoms with Crippen LogP contribution in [0, 0.1) is 0 Å². The standard InChI is InChI=1S/C27H40N2O3/c1-3-5-7-9-11-20-32-26-22-28-27(29-23-26)24-14-16-25(17-15-24)31-21-13-12-19-30-18-10-8-6-4-2/h9,11,14-17,22-23H,3-8,10,12-13,18-21H2,1-2H3/b11-9+. The van der Waals surface area contributed by atoms with E-state index in [-0.39, 0.29) is 0 Å². The molecule has 0 saturated heterocycles. The maximum atomic E-state index is 5.83. The molecule has 0 saturated carbocycles. The van der Waals surface area contributed by atoms with Crippen molar-refractivity contribution < 1.29 is 14.2 Å². The van der Waals surface area contributed by atoms with Crippen molar-refractivity contribution >= 4 is 0 Å². The summed E-state index contributed by atoms with van der Waals surface area (Å²) in [7, 11) is 0. The highest BCUT2D eigenvalue weighted by Crippen LogP contribution is 2.20. The normalized spacial score (nSPS) is 11.2. The van der Waals surface area contributed by atoms with Gasteiger partial charge in [0, 0.05) is 18.8 Å². The third kappa shape index (κ3) is 11.3. The first kappa shape index (κ1) is 25.9. The molecule has 0 atom stereocenters. The molecular formula is C27H40N2O3. The second-order valence-electron chi connectivity index (χ2n) is 7.92. The third-order valence-corrected chi connectivity index (χ3v) is 5.07. The van der Waals surface area contributed by atoms with Crippen LogP contribution in [-0.2, 0) is 4.74 Å². The van der Waals surface area contributed by atoms with Gasteiger partial charge in [0.1, 0.15) is 12.4 Å². The van der Waals surface area contributed by atoms with E-state index < -0.39 is 0 Å². The maximum Gasteiger partial charge on any atom is 0.159 e. The predicted octanol–water partition coefficient (Wildman–Crippen LogP) is 7.02. The molecule has 2 aromatic rings. The average Bonchev–Trinajstić information content (AvgIpc) is 2.83. The molecule has 0 aliphatic carbocycles. The highest BCUT2D eigenvalue weighted by molar-refractivity contribution is 5.56. The Bertz CT molecular complexity index is 730. The Balaban J connectivity index is 1.62. The fourth-order valence-electron chi connectivity index (χ4n) is 3.12. The van der Waals surface area contributed by atoms with Crippen LogP contribution < -0.4 is 9.47 Å². The first-order valence-corrected chi connectivity index (χ1v) is 12.2. The lowest BCUT2D eigenvalue weighted by atomic mass is 10.2. The van der Waals surface area contributed by atoms with Gasteiger partial charge in [-0.15, -0.1) is 0 Å². The molecule has 0 spiro atoms. The summed E-state index contributed by atoms with van der Waals surface area (Å²) in [6, 6.07) is 7.91. The van der Waals surface area contributed by atoms with E-state index in [1.165, 1.54) is 38.5 Å². The zero-order valence-electron chi connectivity index (χ0n) is 19.9. The van der Waals surface area contributed by atoms with Gasteiger partial charge in [-0.3, -0.25) is 0 Å². The highest BCUT2D eigenvalue weighted by Gasteiger charge is 2.03. The molecule has 1 aromatic carbocycles. The fraction of sp³-hybridized carbons (Fsp3) is 0.556. The lowest BCUT2D eigenvalue weighted by Gasteiger charge is -2.08. The molecule has 1 aromatic heterocycles. The minimum Gasteiger partial charge on any atom is -0.494 e. The molecule has 0 unspecified atom stereocenters. The second kappa shape index (κ2) is 17.2. The fourth-order valence-corrected chi connectivity index (χ4v) is 3.12. The minimum atomic E-state index is 0.545. The van der Waals surface area contributed by atoms with E-state index in [9.17, 15) is 0 Å². The molecule has 2 rings (SSSR count). The smallest absolute Gasteiger partial charge is 0.159 e. The van der Waals surface area contributed by atoms with Gasteiger partial charge >= 0.3 is 0 Å². The molecule has 0 aliphatic rings. The Labute approximate surface area is 194 Å². The number of rotatable bonds is 18. The van der Waals surface area contributed by atoms with Gasteiger partial charge in [-0.2, -0.15) is 0 Å². The van der Waals surface area contributed by atoms with E-state index in [1.54, 1.807) is 12.4 Å². The zero-order valence-corrected chi connectivity index (χ0v) is 19.9. The number of nitrogens with zero attached hydrogens (tertiary/aromatic N) is 2. The summed E-state index contributed by atoms with van der Waals surface area (Å²) in [5.74, 6) is 2.22. The van der Waals surface area contributed by atoms with Crippen molar-refractivity contribution in [2.24, 2.45) is 0 Å². The first-order valence-electron chi connectivity index (χ1n) is 12.2. The molecule has 0 N–H and O–H groups in total. The van der Waals surface area contributed by atoms with Crippen molar-refractivity contribution in [3.8, 4) is 22.9 Å². The Morgan fingerprint density at radius 2 is 1.38 bits per heavy atom. The van der Waals surface area contributed by atoms with Gasteiger partial charge in [0.05, 0.1) is 19.0 Å². The maximum absolute atomic E-state index is 5.83. The van der Waals surface area contributed by atoms with Crippen molar-refractivity contribution in [1.29, 1.82) is 0 Å². The van der Waals surface area contributed by atoms with Crippen molar-refractivity contribution in [3.05, 3.63) is 48.8 Å². The minimum absolute atomic E-state index is 0.545. The molecule has 176 valence electrons. The van der Waals surface area contributed by atoms with E-state index in [0.717, 1.165) is 43.8 Å². The molecule has 0 amide bonds. The van der Waals surface area contributed by atoms with E-state index in [4.69, 9.17) is 14.2 Å². The van der Waals surface area contributed by atoms with Crippen molar-refractivity contribution in [1.82, 2.24) is 9.97 Å². The summed E-state index contributed by atoms with van der Waals surface area (Å²) in [5, 5.41) is 0. The summed E-state index contributed by atoms with van der Waals surface area (Å²) in [4.78, 5) is 8.84. The summed E-state index contributed by atoms with van der Waals surface area (Å²) in [6.45, 7) is 7.37. The van der Waals surface area contributed by atoms with Crippen LogP contribution in [-0.4, -0.2) is 36.4 Å². The number of ether oxygens (including phenoxy) is 3.